The number of rotatable bonds is 5. The van der Waals surface area contributed by atoms with E-state index in [1.807, 2.05) is 24.3 Å². The number of carbonyl (C=O) groups excluding carboxylic acids is 1. The van der Waals surface area contributed by atoms with Gasteiger partial charge in [-0.1, -0.05) is 6.07 Å². The molecule has 1 fully saturated rings. The number of fused-ring (bicyclic) bond motifs is 1. The molecule has 0 saturated heterocycles. The Kier molecular flexibility index (Phi) is 3.49. The second kappa shape index (κ2) is 5.79. The predicted molar refractivity (Wildman–Crippen MR) is 84.6 cm³/mol. The molecule has 0 atom stereocenters. The van der Waals surface area contributed by atoms with Crippen LogP contribution in [0.5, 0.6) is 11.5 Å². The smallest absolute Gasteiger partial charge is 0.253 e. The number of anilines is 1. The van der Waals surface area contributed by atoms with Gasteiger partial charge >= 0.3 is 0 Å². The number of amides is 1. The van der Waals surface area contributed by atoms with Crippen LogP contribution in [-0.2, 0) is 6.54 Å². The fraction of sp³-hybridized carbons (Fsp3) is 0.294. The molecule has 2 aliphatic rings. The number of aromatic nitrogens is 1. The van der Waals surface area contributed by atoms with E-state index < -0.39 is 0 Å². The Hall–Kier alpha value is -2.76. The van der Waals surface area contributed by atoms with Gasteiger partial charge in [-0.2, -0.15) is 0 Å². The lowest BCUT2D eigenvalue weighted by atomic mass is 10.2. The molecule has 2 aromatic rings. The van der Waals surface area contributed by atoms with Crippen LogP contribution >= 0.6 is 0 Å². The molecular formula is C17H17N3O3. The van der Waals surface area contributed by atoms with Crippen LogP contribution in [0.4, 0.5) is 5.82 Å². The van der Waals surface area contributed by atoms with Crippen LogP contribution in [-0.4, -0.2) is 23.7 Å². The van der Waals surface area contributed by atoms with E-state index in [0.717, 1.165) is 35.7 Å². The summed E-state index contributed by atoms with van der Waals surface area (Å²) in [5, 5.41) is 6.18. The first-order valence-corrected chi connectivity index (χ1v) is 7.67. The first kappa shape index (κ1) is 13.9. The minimum Gasteiger partial charge on any atom is -0.454 e. The van der Waals surface area contributed by atoms with Crippen molar-refractivity contribution in [1.82, 2.24) is 10.3 Å². The van der Waals surface area contributed by atoms with Crippen molar-refractivity contribution in [3.05, 3.63) is 47.7 Å². The zero-order chi connectivity index (χ0) is 15.6. The number of benzene rings is 1. The topological polar surface area (TPSA) is 72.5 Å². The highest BCUT2D eigenvalue weighted by molar-refractivity contribution is 5.94. The van der Waals surface area contributed by atoms with Gasteiger partial charge < -0.3 is 20.1 Å². The van der Waals surface area contributed by atoms with Crippen LogP contribution in [0.1, 0.15) is 28.8 Å². The molecule has 2 heterocycles. The van der Waals surface area contributed by atoms with Crippen molar-refractivity contribution in [3.8, 4) is 11.5 Å². The van der Waals surface area contributed by atoms with Crippen molar-refractivity contribution in [1.29, 1.82) is 0 Å². The third-order valence-electron chi connectivity index (χ3n) is 3.85. The lowest BCUT2D eigenvalue weighted by Gasteiger charge is -2.08. The van der Waals surface area contributed by atoms with Gasteiger partial charge in [0.1, 0.15) is 5.82 Å². The van der Waals surface area contributed by atoms with Crippen LogP contribution in [0, 0.1) is 0 Å². The zero-order valence-corrected chi connectivity index (χ0v) is 12.5. The van der Waals surface area contributed by atoms with E-state index in [9.17, 15) is 4.79 Å². The molecule has 1 aromatic carbocycles. The molecule has 0 bridgehead atoms. The number of carbonyl (C=O) groups is 1. The van der Waals surface area contributed by atoms with Gasteiger partial charge in [-0.15, -0.1) is 0 Å². The highest BCUT2D eigenvalue weighted by Crippen LogP contribution is 2.32. The highest BCUT2D eigenvalue weighted by Gasteiger charge is 2.23. The summed E-state index contributed by atoms with van der Waals surface area (Å²) in [4.78, 5) is 16.2. The predicted octanol–water partition coefficient (Wildman–Crippen LogP) is 2.31. The summed E-state index contributed by atoms with van der Waals surface area (Å²) in [5.74, 6) is 2.22. The standard InChI is InChI=1S/C17H17N3O3/c21-17(20-13-3-4-13)12-2-6-16(19-9-12)18-8-11-1-5-14-15(7-11)23-10-22-14/h1-2,5-7,9,13H,3-4,8,10H2,(H,18,19)(H,20,21). The molecule has 6 heteroatoms. The second-order valence-corrected chi connectivity index (χ2v) is 5.72. The van der Waals surface area contributed by atoms with E-state index in [1.165, 1.54) is 0 Å². The normalized spacial score (nSPS) is 15.3. The number of ether oxygens (including phenoxy) is 2. The molecule has 2 N–H and O–H groups in total. The molecule has 0 radical (unpaired) electrons. The lowest BCUT2D eigenvalue weighted by molar-refractivity contribution is 0.0950. The van der Waals surface area contributed by atoms with Crippen LogP contribution < -0.4 is 20.1 Å². The monoisotopic (exact) mass is 311 g/mol. The van der Waals surface area contributed by atoms with Gasteiger partial charge in [0.25, 0.3) is 5.91 Å². The van der Waals surface area contributed by atoms with Crippen molar-refractivity contribution in [2.24, 2.45) is 0 Å². The third-order valence-corrected chi connectivity index (χ3v) is 3.85. The average molecular weight is 311 g/mol. The van der Waals surface area contributed by atoms with Crippen molar-refractivity contribution in [2.75, 3.05) is 12.1 Å². The van der Waals surface area contributed by atoms with Crippen LogP contribution in [0.15, 0.2) is 36.5 Å². The summed E-state index contributed by atoms with van der Waals surface area (Å²) in [6.07, 6.45) is 3.75. The first-order chi connectivity index (χ1) is 11.3. The number of pyridine rings is 1. The molecule has 0 spiro atoms. The largest absolute Gasteiger partial charge is 0.454 e. The van der Waals surface area contributed by atoms with Gasteiger partial charge in [0.15, 0.2) is 11.5 Å². The molecule has 1 amide bonds. The number of nitrogens with zero attached hydrogens (tertiary/aromatic N) is 1. The number of hydrogen-bond acceptors (Lipinski definition) is 5. The van der Waals surface area contributed by atoms with Crippen LogP contribution in [0.3, 0.4) is 0 Å². The van der Waals surface area contributed by atoms with Gasteiger partial charge in [-0.3, -0.25) is 4.79 Å². The van der Waals surface area contributed by atoms with Gasteiger partial charge in [-0.25, -0.2) is 4.98 Å². The van der Waals surface area contributed by atoms with E-state index in [4.69, 9.17) is 9.47 Å². The van der Waals surface area contributed by atoms with E-state index in [1.54, 1.807) is 12.3 Å². The zero-order valence-electron chi connectivity index (χ0n) is 12.5. The van der Waals surface area contributed by atoms with Crippen molar-refractivity contribution in [3.63, 3.8) is 0 Å². The molecule has 1 aliphatic carbocycles. The molecular weight excluding hydrogens is 294 g/mol. The van der Waals surface area contributed by atoms with Gasteiger partial charge in [0, 0.05) is 18.8 Å². The Bertz CT molecular complexity index is 726. The highest BCUT2D eigenvalue weighted by atomic mass is 16.7. The van der Waals surface area contributed by atoms with Gasteiger partial charge in [0.2, 0.25) is 6.79 Å². The fourth-order valence-electron chi connectivity index (χ4n) is 2.37. The quantitative estimate of drug-likeness (QED) is 0.886. The van der Waals surface area contributed by atoms with E-state index in [2.05, 4.69) is 15.6 Å². The van der Waals surface area contributed by atoms with Crippen LogP contribution in [0.2, 0.25) is 0 Å². The molecule has 23 heavy (non-hydrogen) atoms. The Labute approximate surface area is 133 Å². The van der Waals surface area contributed by atoms with Crippen molar-refractivity contribution < 1.29 is 14.3 Å². The average Bonchev–Trinajstić information content (AvgIpc) is 3.27. The minimum atomic E-state index is -0.0534. The summed E-state index contributed by atoms with van der Waals surface area (Å²) < 4.78 is 10.7. The third kappa shape index (κ3) is 3.21. The molecule has 0 unspecified atom stereocenters. The number of hydrogen-bond donors (Lipinski definition) is 2. The summed E-state index contributed by atoms with van der Waals surface area (Å²) in [7, 11) is 0. The first-order valence-electron chi connectivity index (χ1n) is 7.67. The molecule has 1 aromatic heterocycles. The Morgan fingerprint density at radius 1 is 1.17 bits per heavy atom. The Morgan fingerprint density at radius 3 is 2.83 bits per heavy atom. The maximum Gasteiger partial charge on any atom is 0.253 e. The molecule has 4 rings (SSSR count). The summed E-state index contributed by atoms with van der Waals surface area (Å²) in [5.41, 5.74) is 1.66. The van der Waals surface area contributed by atoms with E-state index in [-0.39, 0.29) is 12.7 Å². The van der Waals surface area contributed by atoms with E-state index >= 15 is 0 Å². The van der Waals surface area contributed by atoms with Gasteiger partial charge in [-0.05, 0) is 42.7 Å². The molecule has 118 valence electrons. The summed E-state index contributed by atoms with van der Waals surface area (Å²) in [6.45, 7) is 0.898. The minimum absolute atomic E-state index is 0.0534. The maximum absolute atomic E-state index is 11.9. The Balaban J connectivity index is 1.36. The SMILES string of the molecule is O=C(NC1CC1)c1ccc(NCc2ccc3c(c2)OCO3)nc1. The summed E-state index contributed by atoms with van der Waals surface area (Å²) >= 11 is 0. The Morgan fingerprint density at radius 2 is 2.04 bits per heavy atom. The van der Waals surface area contributed by atoms with Crippen molar-refractivity contribution in [2.45, 2.75) is 25.4 Å². The van der Waals surface area contributed by atoms with E-state index in [0.29, 0.717) is 18.2 Å². The van der Waals surface area contributed by atoms with Crippen molar-refractivity contribution >= 4 is 11.7 Å². The number of nitrogens with one attached hydrogen (secondary N) is 2. The van der Waals surface area contributed by atoms with Crippen LogP contribution in [0.25, 0.3) is 0 Å². The fourth-order valence-corrected chi connectivity index (χ4v) is 2.37. The second-order valence-electron chi connectivity index (χ2n) is 5.72. The van der Waals surface area contributed by atoms with Gasteiger partial charge in [0.05, 0.1) is 5.56 Å². The maximum atomic E-state index is 11.9. The lowest BCUT2D eigenvalue weighted by Crippen LogP contribution is -2.25. The molecule has 6 nitrogen and oxygen atoms in total. The molecule has 1 saturated carbocycles. The summed E-state index contributed by atoms with van der Waals surface area (Å²) in [6, 6.07) is 9.79. The molecule has 1 aliphatic heterocycles.